The maximum Gasteiger partial charge on any atom is 2.00 e. The van der Waals surface area contributed by atoms with Crippen LogP contribution in [-0.2, 0) is 32.2 Å². The monoisotopic (exact) mass is 469 g/mol. The fraction of sp³-hybridized carbons (Fsp3) is 0.412. The summed E-state index contributed by atoms with van der Waals surface area (Å²) in [6, 6.07) is 6.36. The molecule has 1 aliphatic heterocycles. The van der Waals surface area contributed by atoms with E-state index in [-0.39, 0.29) is 33.2 Å². The molecular weight excluding hydrogens is 448 g/mol. The Hall–Kier alpha value is -1.41. The molecule has 116 valence electrons. The third-order valence-electron chi connectivity index (χ3n) is 4.32. The summed E-state index contributed by atoms with van der Waals surface area (Å²) >= 11 is 0. The first-order valence-corrected chi connectivity index (χ1v) is 7.35. The molecule has 0 spiro atoms. The van der Waals surface area contributed by atoms with Crippen LogP contribution in [0.1, 0.15) is 24.5 Å². The predicted molar refractivity (Wildman–Crippen MR) is 83.1 cm³/mol. The van der Waals surface area contributed by atoms with Crippen LogP contribution in [0.5, 0.6) is 0 Å². The third-order valence-corrected chi connectivity index (χ3v) is 4.32. The smallest absolute Gasteiger partial charge is 0.453 e. The number of nitrogens with one attached hydrogen (secondary N) is 1. The van der Waals surface area contributed by atoms with E-state index in [0.717, 1.165) is 30.5 Å². The number of benzene rings is 1. The Kier molecular flexibility index (Phi) is 5.23. The van der Waals surface area contributed by atoms with Gasteiger partial charge in [-0.25, -0.2) is 4.79 Å². The van der Waals surface area contributed by atoms with Crippen molar-refractivity contribution >= 4 is 17.0 Å². The van der Waals surface area contributed by atoms with Crippen LogP contribution in [0.2, 0.25) is 0 Å². The van der Waals surface area contributed by atoms with Crippen molar-refractivity contribution < 1.29 is 30.6 Å². The maximum atomic E-state index is 11.9. The minimum Gasteiger partial charge on any atom is -0.453 e. The molecule has 4 nitrogen and oxygen atoms in total. The van der Waals surface area contributed by atoms with Gasteiger partial charge in [-0.2, -0.15) is 24.6 Å². The Labute approximate surface area is 145 Å². The first-order valence-electron chi connectivity index (χ1n) is 7.35. The Bertz CT molecular complexity index is 668. The number of nitrogens with zero attached hydrogens (tertiary/aromatic N) is 1. The molecule has 1 aromatic carbocycles. The van der Waals surface area contributed by atoms with E-state index in [4.69, 9.17) is 4.74 Å². The molecule has 2 unspecified atom stereocenters. The van der Waals surface area contributed by atoms with Crippen LogP contribution >= 0.6 is 0 Å². The van der Waals surface area contributed by atoms with Gasteiger partial charge in [0.15, 0.2) is 0 Å². The van der Waals surface area contributed by atoms with E-state index in [1.807, 2.05) is 17.2 Å². The molecule has 1 N–H and O–H groups in total. The molecule has 2 heterocycles. The Balaban J connectivity index is 0.00000176. The number of hydrogen-bond acceptors (Lipinski definition) is 2. The number of ether oxygens (including phenoxy) is 1. The summed E-state index contributed by atoms with van der Waals surface area (Å²) in [5.74, 6) is 0.516. The van der Waals surface area contributed by atoms with Crippen LogP contribution in [0.25, 0.3) is 10.9 Å². The van der Waals surface area contributed by atoms with E-state index in [0.29, 0.717) is 5.92 Å². The van der Waals surface area contributed by atoms with E-state index < -0.39 is 0 Å². The zero-order chi connectivity index (χ0) is 15.0. The minimum atomic E-state index is -0.220. The number of rotatable bonds is 2. The number of carbonyl (C=O) groups is 1. The van der Waals surface area contributed by atoms with Crippen molar-refractivity contribution in [2.45, 2.75) is 25.8 Å². The number of methoxy groups -OCH3 is 1. The van der Waals surface area contributed by atoms with Crippen molar-refractivity contribution in [2.75, 3.05) is 13.7 Å². The maximum absolute atomic E-state index is 11.9. The van der Waals surface area contributed by atoms with Crippen LogP contribution in [0.3, 0.4) is 0 Å². The number of amides is 1. The van der Waals surface area contributed by atoms with Crippen molar-refractivity contribution in [2.24, 2.45) is 5.92 Å². The molecule has 5 heteroatoms. The quantitative estimate of drug-likeness (QED) is 0.686. The molecule has 2 aromatic rings. The van der Waals surface area contributed by atoms with Crippen LogP contribution in [0.15, 0.2) is 24.4 Å². The predicted octanol–water partition coefficient (Wildman–Crippen LogP) is 3.37. The molecule has 1 fully saturated rings. The van der Waals surface area contributed by atoms with Gasteiger partial charge in [0.25, 0.3) is 0 Å². The molecule has 1 aromatic heterocycles. The second kappa shape index (κ2) is 6.78. The molecule has 1 amide bonds. The molecule has 22 heavy (non-hydrogen) atoms. The largest absolute Gasteiger partial charge is 2.00 e. The average Bonchev–Trinajstić information content (AvgIpc) is 3.02. The summed E-state index contributed by atoms with van der Waals surface area (Å²) in [7, 11) is 1.45. The van der Waals surface area contributed by atoms with Crippen molar-refractivity contribution in [3.05, 3.63) is 42.4 Å². The second-order valence-corrected chi connectivity index (χ2v) is 6.02. The van der Waals surface area contributed by atoms with Crippen molar-refractivity contribution in [1.82, 2.24) is 9.88 Å². The van der Waals surface area contributed by atoms with Gasteiger partial charge in [0.2, 0.25) is 0 Å². The fourth-order valence-corrected chi connectivity index (χ4v) is 3.33. The van der Waals surface area contributed by atoms with Gasteiger partial charge < -0.3 is 14.6 Å². The molecule has 1 saturated heterocycles. The zero-order valence-corrected chi connectivity index (χ0v) is 15.9. The van der Waals surface area contributed by atoms with Crippen molar-refractivity contribution in [3.63, 3.8) is 0 Å². The standard InChI is InChI=1S/C17H21N2O2.W/c1-11-4-5-16-15(7-11)13(9-18-16)8-14-6-12(2)10-19(14)17(20)21-3;/h4-5,7,9,12,14,18H,1,6,8,10H2,2-3H3;/q-1;+2. The molecule has 0 bridgehead atoms. The van der Waals surface area contributed by atoms with E-state index >= 15 is 0 Å². The van der Waals surface area contributed by atoms with Crippen LogP contribution in [0, 0.1) is 12.8 Å². The first kappa shape index (κ1) is 17.0. The molecule has 1 aliphatic rings. The van der Waals surface area contributed by atoms with Gasteiger partial charge in [-0.05, 0) is 24.3 Å². The Morgan fingerprint density at radius 3 is 3.00 bits per heavy atom. The van der Waals surface area contributed by atoms with Crippen LogP contribution in [-0.4, -0.2) is 35.7 Å². The molecule has 0 aliphatic carbocycles. The number of hydrogen-bond donors (Lipinski definition) is 1. The molecular formula is C17H21N2O2W+. The summed E-state index contributed by atoms with van der Waals surface area (Å²) in [6.45, 7) is 6.95. The number of carbonyl (C=O) groups excluding carboxylic acids is 1. The summed E-state index contributed by atoms with van der Waals surface area (Å²) in [4.78, 5) is 17.1. The summed E-state index contributed by atoms with van der Waals surface area (Å²) < 4.78 is 4.91. The van der Waals surface area contributed by atoms with Crippen LogP contribution in [0.4, 0.5) is 4.79 Å². The van der Waals surface area contributed by atoms with Crippen molar-refractivity contribution in [1.29, 1.82) is 0 Å². The van der Waals surface area contributed by atoms with Gasteiger partial charge in [0, 0.05) is 24.3 Å². The third kappa shape index (κ3) is 3.17. The normalized spacial score (nSPS) is 20.9. The summed E-state index contributed by atoms with van der Waals surface area (Å²) in [5, 5.41) is 1.20. The van der Waals surface area contributed by atoms with Gasteiger partial charge >= 0.3 is 27.2 Å². The average molecular weight is 469 g/mol. The van der Waals surface area contributed by atoms with Crippen molar-refractivity contribution in [3.8, 4) is 0 Å². The van der Waals surface area contributed by atoms with Gasteiger partial charge in [-0.3, -0.25) is 0 Å². The van der Waals surface area contributed by atoms with E-state index in [9.17, 15) is 4.79 Å². The van der Waals surface area contributed by atoms with Gasteiger partial charge in [0.1, 0.15) is 0 Å². The molecule has 3 rings (SSSR count). The van der Waals surface area contributed by atoms with E-state index in [1.165, 1.54) is 18.1 Å². The topological polar surface area (TPSA) is 45.3 Å². The summed E-state index contributed by atoms with van der Waals surface area (Å²) in [6.07, 6.45) is 3.69. The SMILES string of the molecule is [CH2-]c1ccc2[nH]cc(CC3CC(C)CN3C(=O)OC)c2c1.[W+2]. The Morgan fingerprint density at radius 2 is 2.27 bits per heavy atom. The molecule has 2 atom stereocenters. The van der Waals surface area contributed by atoms with Gasteiger partial charge in [-0.15, -0.1) is 0 Å². The Morgan fingerprint density at radius 1 is 1.50 bits per heavy atom. The van der Waals surface area contributed by atoms with Gasteiger partial charge in [0.05, 0.1) is 7.11 Å². The number of aromatic amines is 1. The number of aromatic nitrogens is 1. The second-order valence-electron chi connectivity index (χ2n) is 6.02. The molecule has 0 saturated carbocycles. The number of likely N-dealkylation sites (tertiary alicyclic amines) is 1. The zero-order valence-electron chi connectivity index (χ0n) is 13.0. The number of fused-ring (bicyclic) bond motifs is 1. The number of H-pyrrole nitrogens is 1. The van der Waals surface area contributed by atoms with E-state index in [2.05, 4.69) is 31.0 Å². The fourth-order valence-electron chi connectivity index (χ4n) is 3.33. The first-order chi connectivity index (χ1) is 10.1. The van der Waals surface area contributed by atoms with Gasteiger partial charge in [-0.1, -0.05) is 18.4 Å². The molecule has 0 radical (unpaired) electrons. The summed E-state index contributed by atoms with van der Waals surface area (Å²) in [5.41, 5.74) is 3.37. The van der Waals surface area contributed by atoms with Crippen LogP contribution < -0.4 is 0 Å². The van der Waals surface area contributed by atoms with E-state index in [1.54, 1.807) is 0 Å². The minimum absolute atomic E-state index is 0.